The molecule has 9 nitrogen and oxygen atoms in total. The summed E-state index contributed by atoms with van der Waals surface area (Å²) in [5.74, 6) is -1.69. The van der Waals surface area contributed by atoms with Crippen molar-refractivity contribution in [1.82, 2.24) is 16.2 Å². The van der Waals surface area contributed by atoms with Gasteiger partial charge in [-0.25, -0.2) is 0 Å². The van der Waals surface area contributed by atoms with Crippen LogP contribution in [0.25, 0.3) is 0 Å². The van der Waals surface area contributed by atoms with Crippen molar-refractivity contribution in [1.29, 1.82) is 0 Å². The molecule has 0 fully saturated rings. The van der Waals surface area contributed by atoms with Gasteiger partial charge in [-0.1, -0.05) is 43.7 Å². The Kier molecular flexibility index (Phi) is 8.99. The molecule has 9 heteroatoms. The van der Waals surface area contributed by atoms with Gasteiger partial charge in [0.2, 0.25) is 0 Å². The lowest BCUT2D eigenvalue weighted by atomic mass is 10.0. The largest absolute Gasteiger partial charge is 0.497 e. The fourth-order valence-electron chi connectivity index (χ4n) is 3.45. The smallest absolute Gasteiger partial charge is 0.269 e. The SMILES string of the molecule is COc1ccc(C(=O)Nc2ccccc2C(=O)N[C@H](C(=O)NNC(=O)c2ccc(C)cc2)C(C)C)cc1. The number of hydrazine groups is 1. The quantitative estimate of drug-likeness (QED) is 0.351. The van der Waals surface area contributed by atoms with Gasteiger partial charge in [0, 0.05) is 11.1 Å². The number of carbonyl (C=O) groups excluding carboxylic acids is 4. The number of hydrogen-bond donors (Lipinski definition) is 4. The third kappa shape index (κ3) is 7.17. The summed E-state index contributed by atoms with van der Waals surface area (Å²) >= 11 is 0. The van der Waals surface area contributed by atoms with E-state index in [2.05, 4.69) is 21.5 Å². The van der Waals surface area contributed by atoms with Crippen molar-refractivity contribution < 1.29 is 23.9 Å². The topological polar surface area (TPSA) is 126 Å². The standard InChI is InChI=1S/C28H30N4O5/c1-17(2)24(28(36)32-31-26(34)20-11-9-18(3)10-12-20)30-27(35)22-7-5-6-8-23(22)29-25(33)19-13-15-21(37-4)16-14-19/h5-17,24H,1-4H3,(H,29,33)(H,30,35)(H,31,34)(H,32,36)/t24-/m0/s1. The summed E-state index contributed by atoms with van der Waals surface area (Å²) < 4.78 is 5.11. The normalized spacial score (nSPS) is 11.3. The molecule has 3 aromatic rings. The molecular formula is C28H30N4O5. The van der Waals surface area contributed by atoms with Crippen molar-refractivity contribution in [2.75, 3.05) is 12.4 Å². The van der Waals surface area contributed by atoms with Gasteiger partial charge in [-0.15, -0.1) is 0 Å². The third-order valence-electron chi connectivity index (χ3n) is 5.62. The molecule has 4 N–H and O–H groups in total. The van der Waals surface area contributed by atoms with Crippen LogP contribution in [0.4, 0.5) is 5.69 Å². The Labute approximate surface area is 215 Å². The van der Waals surface area contributed by atoms with Crippen LogP contribution in [-0.2, 0) is 4.79 Å². The summed E-state index contributed by atoms with van der Waals surface area (Å²) in [6.45, 7) is 5.44. The van der Waals surface area contributed by atoms with E-state index in [9.17, 15) is 19.2 Å². The third-order valence-corrected chi connectivity index (χ3v) is 5.62. The molecular weight excluding hydrogens is 472 g/mol. The van der Waals surface area contributed by atoms with Crippen LogP contribution in [-0.4, -0.2) is 36.8 Å². The molecule has 0 bridgehead atoms. The first-order chi connectivity index (χ1) is 17.7. The Morgan fingerprint density at radius 1 is 0.730 bits per heavy atom. The Bertz CT molecular complexity index is 1270. The molecule has 0 spiro atoms. The van der Waals surface area contributed by atoms with Gasteiger partial charge in [-0.05, 0) is 61.4 Å². The predicted octanol–water partition coefficient (Wildman–Crippen LogP) is 3.47. The number of anilines is 1. The van der Waals surface area contributed by atoms with E-state index < -0.39 is 29.7 Å². The van der Waals surface area contributed by atoms with Gasteiger partial charge in [0.1, 0.15) is 11.8 Å². The number of hydrogen-bond acceptors (Lipinski definition) is 5. The molecule has 0 radical (unpaired) electrons. The van der Waals surface area contributed by atoms with Gasteiger partial charge in [-0.3, -0.25) is 30.0 Å². The van der Waals surface area contributed by atoms with Gasteiger partial charge < -0.3 is 15.4 Å². The van der Waals surface area contributed by atoms with Crippen molar-refractivity contribution in [3.05, 3.63) is 95.1 Å². The summed E-state index contributed by atoms with van der Waals surface area (Å²) in [5.41, 5.74) is 7.01. The molecule has 0 aromatic heterocycles. The minimum absolute atomic E-state index is 0.187. The number of methoxy groups -OCH3 is 1. The number of aryl methyl sites for hydroxylation is 1. The first-order valence-corrected chi connectivity index (χ1v) is 11.7. The molecule has 0 saturated heterocycles. The van der Waals surface area contributed by atoms with E-state index in [0.717, 1.165) is 5.56 Å². The first kappa shape index (κ1) is 26.9. The van der Waals surface area contributed by atoms with Crippen LogP contribution in [0, 0.1) is 12.8 Å². The summed E-state index contributed by atoms with van der Waals surface area (Å²) in [7, 11) is 1.53. The Morgan fingerprint density at radius 2 is 1.32 bits per heavy atom. The Hall–Kier alpha value is -4.66. The summed E-state index contributed by atoms with van der Waals surface area (Å²) in [6.07, 6.45) is 0. The molecule has 0 aliphatic heterocycles. The van der Waals surface area contributed by atoms with Gasteiger partial charge in [0.25, 0.3) is 23.6 Å². The van der Waals surface area contributed by atoms with Gasteiger partial charge >= 0.3 is 0 Å². The van der Waals surface area contributed by atoms with E-state index in [1.54, 1.807) is 86.6 Å². The number of rotatable bonds is 8. The predicted molar refractivity (Wildman–Crippen MR) is 140 cm³/mol. The highest BCUT2D eigenvalue weighted by Crippen LogP contribution is 2.18. The second-order valence-electron chi connectivity index (χ2n) is 8.73. The second-order valence-corrected chi connectivity index (χ2v) is 8.73. The van der Waals surface area contributed by atoms with Crippen molar-refractivity contribution in [2.45, 2.75) is 26.8 Å². The zero-order chi connectivity index (χ0) is 26.9. The van der Waals surface area contributed by atoms with Gasteiger partial charge in [-0.2, -0.15) is 0 Å². The first-order valence-electron chi connectivity index (χ1n) is 11.7. The van der Waals surface area contributed by atoms with Gasteiger partial charge in [0.15, 0.2) is 0 Å². The summed E-state index contributed by atoms with van der Waals surface area (Å²) in [4.78, 5) is 51.0. The highest BCUT2D eigenvalue weighted by Gasteiger charge is 2.26. The van der Waals surface area contributed by atoms with E-state index in [-0.39, 0.29) is 17.2 Å². The zero-order valence-electron chi connectivity index (χ0n) is 21.1. The maximum atomic E-state index is 13.1. The maximum absolute atomic E-state index is 13.1. The molecule has 0 unspecified atom stereocenters. The van der Waals surface area contributed by atoms with Crippen LogP contribution < -0.4 is 26.2 Å². The number of amides is 4. The molecule has 0 saturated carbocycles. The molecule has 0 aliphatic carbocycles. The second kappa shape index (κ2) is 12.3. The monoisotopic (exact) mass is 502 g/mol. The number of benzene rings is 3. The van der Waals surface area contributed by atoms with Crippen LogP contribution >= 0.6 is 0 Å². The lowest BCUT2D eigenvalue weighted by Gasteiger charge is -2.22. The van der Waals surface area contributed by atoms with E-state index in [0.29, 0.717) is 16.9 Å². The van der Waals surface area contributed by atoms with Crippen molar-refractivity contribution in [3.63, 3.8) is 0 Å². The number of carbonyl (C=O) groups is 4. The van der Waals surface area contributed by atoms with Crippen molar-refractivity contribution in [2.24, 2.45) is 5.92 Å². The van der Waals surface area contributed by atoms with E-state index >= 15 is 0 Å². The minimum atomic E-state index is -0.948. The number of ether oxygens (including phenoxy) is 1. The summed E-state index contributed by atoms with van der Waals surface area (Å²) in [5, 5.41) is 5.44. The van der Waals surface area contributed by atoms with Gasteiger partial charge in [0.05, 0.1) is 18.4 Å². The van der Waals surface area contributed by atoms with Crippen LogP contribution in [0.2, 0.25) is 0 Å². The van der Waals surface area contributed by atoms with Crippen LogP contribution in [0.5, 0.6) is 5.75 Å². The Balaban J connectivity index is 1.67. The zero-order valence-corrected chi connectivity index (χ0v) is 21.1. The van der Waals surface area contributed by atoms with Crippen LogP contribution in [0.1, 0.15) is 50.5 Å². The van der Waals surface area contributed by atoms with E-state index in [4.69, 9.17) is 4.74 Å². The fraction of sp³-hybridized carbons (Fsp3) is 0.214. The highest BCUT2D eigenvalue weighted by atomic mass is 16.5. The molecule has 1 atom stereocenters. The molecule has 0 aliphatic rings. The lowest BCUT2D eigenvalue weighted by molar-refractivity contribution is -0.124. The van der Waals surface area contributed by atoms with Crippen LogP contribution in [0.15, 0.2) is 72.8 Å². The van der Waals surface area contributed by atoms with Crippen LogP contribution in [0.3, 0.4) is 0 Å². The molecule has 192 valence electrons. The Morgan fingerprint density at radius 3 is 1.95 bits per heavy atom. The molecule has 3 rings (SSSR count). The average molecular weight is 503 g/mol. The fourth-order valence-corrected chi connectivity index (χ4v) is 3.45. The average Bonchev–Trinajstić information content (AvgIpc) is 2.90. The number of nitrogens with one attached hydrogen (secondary N) is 4. The number of para-hydroxylation sites is 1. The van der Waals surface area contributed by atoms with E-state index in [1.165, 1.54) is 7.11 Å². The molecule has 3 aromatic carbocycles. The maximum Gasteiger partial charge on any atom is 0.269 e. The van der Waals surface area contributed by atoms with Crippen molar-refractivity contribution in [3.8, 4) is 5.75 Å². The lowest BCUT2D eigenvalue weighted by Crippen LogP contribution is -2.54. The molecule has 37 heavy (non-hydrogen) atoms. The molecule has 4 amide bonds. The van der Waals surface area contributed by atoms with E-state index in [1.807, 2.05) is 6.92 Å². The minimum Gasteiger partial charge on any atom is -0.497 e. The van der Waals surface area contributed by atoms with Crippen molar-refractivity contribution >= 4 is 29.3 Å². The summed E-state index contributed by atoms with van der Waals surface area (Å²) in [6, 6.07) is 19.0. The highest BCUT2D eigenvalue weighted by molar-refractivity contribution is 6.09. The molecule has 0 heterocycles.